The van der Waals surface area contributed by atoms with E-state index >= 15 is 0 Å². The van der Waals surface area contributed by atoms with Crippen LogP contribution in [0.5, 0.6) is 0 Å². The fourth-order valence-electron chi connectivity index (χ4n) is 0.115. The minimum Gasteiger partial charge on any atom is -0.394 e. The Hall–Kier alpha value is -0.0200. The van der Waals surface area contributed by atoms with E-state index in [0.717, 1.165) is 0 Å². The van der Waals surface area contributed by atoms with Crippen molar-refractivity contribution in [3.05, 3.63) is 0 Å². The first kappa shape index (κ1) is 29.9. The Bertz CT molecular complexity index is 243. The molecular formula is C6H22O14P2. The zero-order valence-electron chi connectivity index (χ0n) is 11.1. The molecule has 0 spiro atoms. The van der Waals surface area contributed by atoms with Crippen molar-refractivity contribution in [2.75, 3.05) is 26.4 Å². The number of hydrogen-bond acceptors (Lipinski definition) is 8. The van der Waals surface area contributed by atoms with E-state index in [9.17, 15) is 0 Å². The molecule has 12 N–H and O–H groups in total. The van der Waals surface area contributed by atoms with Gasteiger partial charge in [0.25, 0.3) is 0 Å². The maximum absolute atomic E-state index is 8.88. The maximum atomic E-state index is 8.88. The number of rotatable bonds is 4. The van der Waals surface area contributed by atoms with Gasteiger partial charge in [-0.3, -0.25) is 0 Å². The van der Waals surface area contributed by atoms with Crippen molar-refractivity contribution in [3.8, 4) is 0 Å². The molecule has 0 aliphatic carbocycles. The summed E-state index contributed by atoms with van der Waals surface area (Å²) in [6.45, 7) is -1.46. The van der Waals surface area contributed by atoms with Crippen molar-refractivity contribution >= 4 is 15.6 Å². The molecule has 16 heteroatoms. The number of aliphatic hydroxyl groups excluding tert-OH is 6. The van der Waals surface area contributed by atoms with Gasteiger partial charge in [0.05, 0.1) is 26.4 Å². The molecular weight excluding hydrogens is 358 g/mol. The number of phosphoric acid groups is 2. The highest BCUT2D eigenvalue weighted by atomic mass is 31.2. The van der Waals surface area contributed by atoms with Crippen LogP contribution in [0.15, 0.2) is 0 Å². The number of hydrogen-bond donors (Lipinski definition) is 12. The van der Waals surface area contributed by atoms with E-state index in [0.29, 0.717) is 0 Å². The highest BCUT2D eigenvalue weighted by Gasteiger charge is 2.00. The second-order valence-electron chi connectivity index (χ2n) is 3.06. The Morgan fingerprint density at radius 1 is 0.545 bits per heavy atom. The lowest BCUT2D eigenvalue weighted by Gasteiger charge is -1.96. The summed E-state index contributed by atoms with van der Waals surface area (Å²) in [4.78, 5) is 43.1. The lowest BCUT2D eigenvalue weighted by atomic mass is 10.4. The average Bonchev–Trinajstić information content (AvgIpc) is 2.33. The second kappa shape index (κ2) is 17.3. The summed E-state index contributed by atoms with van der Waals surface area (Å²) >= 11 is 0. The summed E-state index contributed by atoms with van der Waals surface area (Å²) in [5, 5.41) is 48.0. The molecule has 0 atom stereocenters. The van der Waals surface area contributed by atoms with Gasteiger partial charge in [-0.2, -0.15) is 0 Å². The van der Waals surface area contributed by atoms with E-state index in [-0.39, 0.29) is 26.4 Å². The van der Waals surface area contributed by atoms with E-state index in [1.165, 1.54) is 0 Å². The number of aliphatic hydroxyl groups is 6. The maximum Gasteiger partial charge on any atom is 0.466 e. The van der Waals surface area contributed by atoms with Gasteiger partial charge in [0.2, 0.25) is 0 Å². The van der Waals surface area contributed by atoms with E-state index < -0.39 is 27.9 Å². The lowest BCUT2D eigenvalue weighted by Crippen LogP contribution is -2.15. The zero-order chi connectivity index (χ0) is 19.0. The molecule has 0 heterocycles. The van der Waals surface area contributed by atoms with Crippen molar-refractivity contribution in [1.82, 2.24) is 0 Å². The van der Waals surface area contributed by atoms with Gasteiger partial charge in [-0.25, -0.2) is 9.13 Å². The molecule has 0 aromatic carbocycles. The van der Waals surface area contributed by atoms with Gasteiger partial charge in [-0.1, -0.05) is 0 Å². The van der Waals surface area contributed by atoms with Crippen LogP contribution in [-0.4, -0.2) is 98.6 Å². The van der Waals surface area contributed by atoms with Crippen LogP contribution in [0, 0.1) is 0 Å². The molecule has 140 valence electrons. The highest BCUT2D eigenvalue weighted by molar-refractivity contribution is 7.45. The molecule has 0 aliphatic heterocycles. The van der Waals surface area contributed by atoms with Crippen LogP contribution in [-0.2, 0) is 9.13 Å². The van der Waals surface area contributed by atoms with Crippen LogP contribution in [0.2, 0.25) is 0 Å². The Morgan fingerprint density at radius 3 is 0.636 bits per heavy atom. The molecule has 0 radical (unpaired) electrons. The monoisotopic (exact) mass is 380 g/mol. The molecule has 0 fully saturated rings. The van der Waals surface area contributed by atoms with Crippen molar-refractivity contribution in [1.29, 1.82) is 0 Å². The quantitative estimate of drug-likeness (QED) is 0.203. The zero-order valence-corrected chi connectivity index (χ0v) is 12.8. The Labute approximate surface area is 124 Å². The Morgan fingerprint density at radius 2 is 0.636 bits per heavy atom. The van der Waals surface area contributed by atoms with Crippen molar-refractivity contribution in [2.24, 2.45) is 0 Å². The topological polar surface area (TPSA) is 277 Å². The van der Waals surface area contributed by atoms with Gasteiger partial charge in [-0.05, 0) is 0 Å². The van der Waals surface area contributed by atoms with E-state index in [1.54, 1.807) is 0 Å². The highest BCUT2D eigenvalue weighted by Crippen LogP contribution is 2.26. The van der Waals surface area contributed by atoms with E-state index in [4.69, 9.17) is 69.1 Å². The molecule has 14 nitrogen and oxygen atoms in total. The molecule has 22 heavy (non-hydrogen) atoms. The molecule has 0 aromatic heterocycles. The minimum atomic E-state index is -4.64. The van der Waals surface area contributed by atoms with Crippen molar-refractivity contribution in [2.45, 2.75) is 12.2 Å². The van der Waals surface area contributed by atoms with Gasteiger partial charge in [-0.15, -0.1) is 0 Å². The lowest BCUT2D eigenvalue weighted by molar-refractivity contribution is 0.0450. The van der Waals surface area contributed by atoms with E-state index in [1.807, 2.05) is 0 Å². The average molecular weight is 380 g/mol. The van der Waals surface area contributed by atoms with Crippen LogP contribution < -0.4 is 0 Å². The minimum absolute atomic E-state index is 0.365. The fraction of sp³-hybridized carbons (Fsp3) is 1.00. The molecule has 0 aliphatic rings. The third kappa shape index (κ3) is 113. The SMILES string of the molecule is O=P(O)(O)O.O=P(O)(O)O.OCC(O)CO.OCC(O)CO. The van der Waals surface area contributed by atoms with Gasteiger partial charge < -0.3 is 60.0 Å². The van der Waals surface area contributed by atoms with Gasteiger partial charge >= 0.3 is 15.6 Å². The molecule has 0 bridgehead atoms. The summed E-state index contributed by atoms with van der Waals surface area (Å²) in [6, 6.07) is 0. The first-order valence-corrected chi connectivity index (χ1v) is 8.11. The standard InChI is InChI=1S/2C3H8O3.2H3O4P/c2*4-1-3(6)2-5;2*1-5(2,3)4/h2*3-6H,1-2H2;2*(H3,1,2,3,4). The smallest absolute Gasteiger partial charge is 0.394 e. The largest absolute Gasteiger partial charge is 0.466 e. The first-order chi connectivity index (χ1) is 9.62. The summed E-state index contributed by atoms with van der Waals surface area (Å²) in [5.41, 5.74) is 0. The first-order valence-electron chi connectivity index (χ1n) is 4.98. The second-order valence-corrected chi connectivity index (χ2v) is 5.12. The van der Waals surface area contributed by atoms with Crippen LogP contribution in [0.3, 0.4) is 0 Å². The van der Waals surface area contributed by atoms with E-state index in [2.05, 4.69) is 0 Å². The van der Waals surface area contributed by atoms with Crippen LogP contribution in [0.1, 0.15) is 0 Å². The molecule has 0 rings (SSSR count). The third-order valence-corrected chi connectivity index (χ3v) is 0.843. The molecule has 0 amide bonds. The van der Waals surface area contributed by atoms with Crippen LogP contribution in [0.4, 0.5) is 0 Å². The molecule has 0 aromatic rings. The molecule has 0 unspecified atom stereocenters. The summed E-state index contributed by atoms with van der Waals surface area (Å²) in [7, 11) is -9.28. The predicted octanol–water partition coefficient (Wildman–Crippen LogP) is -5.19. The van der Waals surface area contributed by atoms with Crippen LogP contribution in [0.25, 0.3) is 0 Å². The van der Waals surface area contributed by atoms with Gasteiger partial charge in [0, 0.05) is 0 Å². The van der Waals surface area contributed by atoms with Gasteiger partial charge in [0.1, 0.15) is 12.2 Å². The van der Waals surface area contributed by atoms with Crippen molar-refractivity contribution in [3.63, 3.8) is 0 Å². The fourth-order valence-corrected chi connectivity index (χ4v) is 0.115. The molecule has 0 saturated carbocycles. The summed E-state index contributed by atoms with van der Waals surface area (Å²) in [5.74, 6) is 0. The molecule has 0 saturated heterocycles. The Kier molecular flexibility index (Phi) is 23.6. The third-order valence-electron chi connectivity index (χ3n) is 0.843. The van der Waals surface area contributed by atoms with Gasteiger partial charge in [0.15, 0.2) is 0 Å². The normalized spacial score (nSPS) is 10.8. The summed E-state index contributed by atoms with van der Waals surface area (Å²) in [6.07, 6.45) is -1.91. The Balaban J connectivity index is -0.0000000986. The predicted molar refractivity (Wildman–Crippen MR) is 68.9 cm³/mol. The summed E-state index contributed by atoms with van der Waals surface area (Å²) < 4.78 is 17.8. The van der Waals surface area contributed by atoms with Crippen LogP contribution >= 0.6 is 15.6 Å². The van der Waals surface area contributed by atoms with Crippen molar-refractivity contribution < 1.29 is 69.1 Å².